The highest BCUT2D eigenvalue weighted by Gasteiger charge is 2.35. The normalized spacial score (nSPS) is 17.6. The molecule has 0 atom stereocenters. The van der Waals surface area contributed by atoms with Crippen LogP contribution in [0.1, 0.15) is 37.1 Å². The van der Waals surface area contributed by atoms with Crippen LogP contribution >= 0.6 is 11.3 Å². The highest BCUT2D eigenvalue weighted by atomic mass is 32.1. The second-order valence-electron chi connectivity index (χ2n) is 4.28. The van der Waals surface area contributed by atoms with E-state index >= 15 is 0 Å². The van der Waals surface area contributed by atoms with Crippen molar-refractivity contribution >= 4 is 16.5 Å². The summed E-state index contributed by atoms with van der Waals surface area (Å²) in [6, 6.07) is 0. The molecule has 1 aromatic rings. The molecule has 0 unspecified atom stereocenters. The van der Waals surface area contributed by atoms with Gasteiger partial charge in [0.1, 0.15) is 0 Å². The summed E-state index contributed by atoms with van der Waals surface area (Å²) in [7, 11) is 0. The summed E-state index contributed by atoms with van der Waals surface area (Å²) >= 11 is 0.564. The van der Waals surface area contributed by atoms with Gasteiger partial charge in [0.15, 0.2) is 0 Å². The van der Waals surface area contributed by atoms with Gasteiger partial charge in [-0.3, -0.25) is 0 Å². The monoisotopic (exact) mass is 265 g/mol. The number of aromatic nitrogens is 2. The number of nitrogens with one attached hydrogen (secondary N) is 1. The molecule has 0 spiro atoms. The second kappa shape index (κ2) is 5.20. The third-order valence-electron chi connectivity index (χ3n) is 2.97. The molecule has 96 valence electrons. The van der Waals surface area contributed by atoms with Gasteiger partial charge in [0.25, 0.3) is 0 Å². The van der Waals surface area contributed by atoms with Gasteiger partial charge in [-0.05, 0) is 12.3 Å². The van der Waals surface area contributed by atoms with Crippen molar-refractivity contribution in [3.05, 3.63) is 5.01 Å². The van der Waals surface area contributed by atoms with Crippen molar-refractivity contribution < 1.29 is 13.2 Å². The van der Waals surface area contributed by atoms with Crippen LogP contribution in [-0.4, -0.2) is 16.7 Å². The van der Waals surface area contributed by atoms with Crippen LogP contribution in [0, 0.1) is 5.92 Å². The number of alkyl halides is 3. The van der Waals surface area contributed by atoms with Gasteiger partial charge in [0.05, 0.1) is 0 Å². The van der Waals surface area contributed by atoms with E-state index in [0.29, 0.717) is 17.9 Å². The molecule has 3 nitrogen and oxygen atoms in total. The van der Waals surface area contributed by atoms with Crippen molar-refractivity contribution in [2.75, 3.05) is 11.9 Å². The van der Waals surface area contributed by atoms with Crippen LogP contribution in [0.15, 0.2) is 0 Å². The van der Waals surface area contributed by atoms with Crippen LogP contribution in [0.4, 0.5) is 18.3 Å². The van der Waals surface area contributed by atoms with E-state index in [1.54, 1.807) is 0 Å². The Labute approximate surface area is 101 Å². The molecule has 0 bridgehead atoms. The van der Waals surface area contributed by atoms with Gasteiger partial charge in [-0.1, -0.05) is 37.0 Å². The molecule has 1 heterocycles. The Hall–Kier alpha value is -0.850. The number of rotatable bonds is 4. The summed E-state index contributed by atoms with van der Waals surface area (Å²) in [5, 5.41) is 8.88. The van der Waals surface area contributed by atoms with Crippen molar-refractivity contribution in [3.63, 3.8) is 0 Å². The lowest BCUT2D eigenvalue weighted by Crippen LogP contribution is -2.06. The molecule has 1 aliphatic carbocycles. The van der Waals surface area contributed by atoms with Crippen molar-refractivity contribution in [3.8, 4) is 0 Å². The largest absolute Gasteiger partial charge is 0.445 e. The Bertz CT molecular complexity index is 358. The smallest absolute Gasteiger partial charge is 0.360 e. The van der Waals surface area contributed by atoms with Crippen LogP contribution in [0.5, 0.6) is 0 Å². The van der Waals surface area contributed by atoms with Crippen molar-refractivity contribution in [2.45, 2.75) is 38.3 Å². The zero-order valence-corrected chi connectivity index (χ0v) is 10.1. The van der Waals surface area contributed by atoms with Crippen LogP contribution in [0.3, 0.4) is 0 Å². The van der Waals surface area contributed by atoms with Crippen molar-refractivity contribution in [2.24, 2.45) is 5.92 Å². The van der Waals surface area contributed by atoms with Crippen LogP contribution in [0.25, 0.3) is 0 Å². The van der Waals surface area contributed by atoms with Gasteiger partial charge in [-0.2, -0.15) is 13.2 Å². The van der Waals surface area contributed by atoms with E-state index in [4.69, 9.17) is 0 Å². The fourth-order valence-electron chi connectivity index (χ4n) is 2.09. The van der Waals surface area contributed by atoms with E-state index in [-0.39, 0.29) is 5.13 Å². The maximum Gasteiger partial charge on any atom is 0.445 e. The Morgan fingerprint density at radius 2 is 1.94 bits per heavy atom. The number of nitrogens with zero attached hydrogens (tertiary/aromatic N) is 2. The Balaban J connectivity index is 1.77. The Morgan fingerprint density at radius 3 is 2.53 bits per heavy atom. The zero-order chi connectivity index (χ0) is 12.3. The summed E-state index contributed by atoms with van der Waals surface area (Å²) in [4.78, 5) is 0. The lowest BCUT2D eigenvalue weighted by Gasteiger charge is -2.08. The molecule has 7 heteroatoms. The predicted octanol–water partition coefficient (Wildman–Crippen LogP) is 3.55. The maximum atomic E-state index is 12.2. The quantitative estimate of drug-likeness (QED) is 0.904. The summed E-state index contributed by atoms with van der Waals surface area (Å²) in [5.41, 5.74) is 0. The summed E-state index contributed by atoms with van der Waals surface area (Å²) in [6.07, 6.45) is 1.66. The standard InChI is InChI=1S/C10H14F3N3S/c11-10(12,13)8-15-16-9(17-8)14-6-5-7-3-1-2-4-7/h7H,1-6H2,(H,14,16). The van der Waals surface area contributed by atoms with E-state index in [2.05, 4.69) is 15.5 Å². The van der Waals surface area contributed by atoms with Crippen molar-refractivity contribution in [1.29, 1.82) is 0 Å². The number of hydrogen-bond donors (Lipinski definition) is 1. The van der Waals surface area contributed by atoms with Gasteiger partial charge in [0, 0.05) is 6.54 Å². The third kappa shape index (κ3) is 3.55. The predicted molar refractivity (Wildman–Crippen MR) is 60.0 cm³/mol. The Kier molecular flexibility index (Phi) is 3.86. The minimum Gasteiger partial charge on any atom is -0.360 e. The maximum absolute atomic E-state index is 12.2. The van der Waals surface area contributed by atoms with Gasteiger partial charge < -0.3 is 5.32 Å². The molecule has 1 saturated carbocycles. The highest BCUT2D eigenvalue weighted by molar-refractivity contribution is 7.15. The molecule has 0 aliphatic heterocycles. The fraction of sp³-hybridized carbons (Fsp3) is 0.800. The van der Waals surface area contributed by atoms with Crippen LogP contribution < -0.4 is 5.32 Å². The van der Waals surface area contributed by atoms with E-state index < -0.39 is 11.2 Å². The third-order valence-corrected chi connectivity index (χ3v) is 3.90. The second-order valence-corrected chi connectivity index (χ2v) is 5.25. The molecule has 0 amide bonds. The van der Waals surface area contributed by atoms with Gasteiger partial charge in [-0.25, -0.2) is 0 Å². The SMILES string of the molecule is FC(F)(F)c1nnc(NCCC2CCCC2)s1. The summed E-state index contributed by atoms with van der Waals surface area (Å²) < 4.78 is 36.7. The minimum absolute atomic E-state index is 0.260. The van der Waals surface area contributed by atoms with Gasteiger partial charge >= 0.3 is 6.18 Å². The molecular weight excluding hydrogens is 251 g/mol. The first-order chi connectivity index (χ1) is 8.05. The number of anilines is 1. The molecular formula is C10H14F3N3S. The van der Waals surface area contributed by atoms with E-state index in [0.717, 1.165) is 12.3 Å². The van der Waals surface area contributed by atoms with E-state index in [9.17, 15) is 13.2 Å². The highest BCUT2D eigenvalue weighted by Crippen LogP contribution is 2.33. The molecule has 17 heavy (non-hydrogen) atoms. The molecule has 1 aromatic heterocycles. The van der Waals surface area contributed by atoms with Gasteiger partial charge in [-0.15, -0.1) is 10.2 Å². The molecule has 2 rings (SSSR count). The molecule has 0 radical (unpaired) electrons. The lowest BCUT2D eigenvalue weighted by atomic mass is 10.0. The first-order valence-corrected chi connectivity index (χ1v) is 6.52. The van der Waals surface area contributed by atoms with E-state index in [1.807, 2.05) is 0 Å². The zero-order valence-electron chi connectivity index (χ0n) is 9.26. The first-order valence-electron chi connectivity index (χ1n) is 5.70. The Morgan fingerprint density at radius 1 is 1.24 bits per heavy atom. The molecule has 1 fully saturated rings. The number of halogens is 3. The average molecular weight is 265 g/mol. The molecule has 0 aromatic carbocycles. The summed E-state index contributed by atoms with van der Waals surface area (Å²) in [6.45, 7) is 0.678. The van der Waals surface area contributed by atoms with Crippen LogP contribution in [-0.2, 0) is 6.18 Å². The van der Waals surface area contributed by atoms with E-state index in [1.165, 1.54) is 25.7 Å². The number of hydrogen-bond acceptors (Lipinski definition) is 4. The van der Waals surface area contributed by atoms with Crippen LogP contribution in [0.2, 0.25) is 0 Å². The molecule has 0 saturated heterocycles. The topological polar surface area (TPSA) is 37.8 Å². The minimum atomic E-state index is -4.39. The molecule has 1 aliphatic rings. The van der Waals surface area contributed by atoms with Crippen molar-refractivity contribution in [1.82, 2.24) is 10.2 Å². The average Bonchev–Trinajstić information content (AvgIpc) is 2.86. The lowest BCUT2D eigenvalue weighted by molar-refractivity contribution is -0.138. The summed E-state index contributed by atoms with van der Waals surface area (Å²) in [5.74, 6) is 0.720. The van der Waals surface area contributed by atoms with Gasteiger partial charge in [0.2, 0.25) is 10.1 Å². The fourth-order valence-corrected chi connectivity index (χ4v) is 2.73. The molecule has 1 N–H and O–H groups in total. The first kappa shape index (κ1) is 12.6.